The van der Waals surface area contributed by atoms with Gasteiger partial charge in [-0.1, -0.05) is 59.7 Å². The van der Waals surface area contributed by atoms with Gasteiger partial charge >= 0.3 is 11.9 Å². The summed E-state index contributed by atoms with van der Waals surface area (Å²) >= 11 is 0. The second-order valence-electron chi connectivity index (χ2n) is 12.4. The first-order valence-corrected chi connectivity index (χ1v) is 15.0. The summed E-state index contributed by atoms with van der Waals surface area (Å²) in [6, 6.07) is 5.63. The van der Waals surface area contributed by atoms with E-state index in [-0.39, 0.29) is 68.2 Å². The van der Waals surface area contributed by atoms with Gasteiger partial charge in [-0.05, 0) is 31.9 Å². The number of aromatic nitrogens is 2. The Kier molecular flexibility index (Phi) is 13.1. The minimum atomic E-state index is -1.09. The number of esters is 2. The van der Waals surface area contributed by atoms with Crippen LogP contribution in [0.25, 0.3) is 0 Å². The zero-order chi connectivity index (χ0) is 33.9. The van der Waals surface area contributed by atoms with E-state index in [9.17, 15) is 24.0 Å². The SMILES string of the molecule is CCOC(=O)CC[C@H](NC(=O)c1ccccc1Cc1c(CN)nc(NC(=O)C(C)(C)C)nc1NC(=O)C(C)(C)C)C(=O)OCC. The topological polar surface area (TPSA) is 192 Å². The van der Waals surface area contributed by atoms with Crippen LogP contribution in [0, 0.1) is 10.8 Å². The van der Waals surface area contributed by atoms with Crippen LogP contribution in [0.1, 0.15) is 95.4 Å². The van der Waals surface area contributed by atoms with Crippen molar-refractivity contribution in [3.05, 3.63) is 46.6 Å². The number of carbonyl (C=O) groups is 5. The molecule has 0 saturated heterocycles. The summed E-state index contributed by atoms with van der Waals surface area (Å²) in [5.74, 6) is -2.28. The monoisotopic (exact) mass is 626 g/mol. The lowest BCUT2D eigenvalue weighted by atomic mass is 9.94. The molecule has 2 rings (SSSR count). The molecule has 5 N–H and O–H groups in total. The number of ether oxygens (including phenoxy) is 2. The molecule has 0 bridgehead atoms. The number of rotatable bonds is 13. The van der Waals surface area contributed by atoms with Crippen LogP contribution < -0.4 is 21.7 Å². The van der Waals surface area contributed by atoms with E-state index < -0.39 is 34.7 Å². The second-order valence-corrected chi connectivity index (χ2v) is 12.4. The molecular weight excluding hydrogens is 580 g/mol. The highest BCUT2D eigenvalue weighted by Gasteiger charge is 2.28. The van der Waals surface area contributed by atoms with Crippen LogP contribution in [0.4, 0.5) is 11.8 Å². The summed E-state index contributed by atoms with van der Waals surface area (Å²) in [6.07, 6.45) is -0.0247. The van der Waals surface area contributed by atoms with Crippen LogP contribution in [0.2, 0.25) is 0 Å². The summed E-state index contributed by atoms with van der Waals surface area (Å²) in [5.41, 5.74) is 6.16. The van der Waals surface area contributed by atoms with Gasteiger partial charge in [0, 0.05) is 41.3 Å². The zero-order valence-corrected chi connectivity index (χ0v) is 27.5. The highest BCUT2D eigenvalue weighted by Crippen LogP contribution is 2.27. The summed E-state index contributed by atoms with van der Waals surface area (Å²) in [5, 5.41) is 8.22. The fraction of sp³-hybridized carbons (Fsp3) is 0.531. The predicted molar refractivity (Wildman–Crippen MR) is 169 cm³/mol. The number of nitrogens with zero attached hydrogens (tertiary/aromatic N) is 2. The lowest BCUT2D eigenvalue weighted by Gasteiger charge is -2.22. The Hall–Kier alpha value is -4.39. The third-order valence-corrected chi connectivity index (χ3v) is 6.55. The summed E-state index contributed by atoms with van der Waals surface area (Å²) in [6.45, 7) is 14.0. The van der Waals surface area contributed by atoms with Crippen molar-refractivity contribution < 1.29 is 33.4 Å². The molecule has 0 fully saturated rings. The van der Waals surface area contributed by atoms with E-state index >= 15 is 0 Å². The lowest BCUT2D eigenvalue weighted by molar-refractivity contribution is -0.147. The molecule has 13 nitrogen and oxygen atoms in total. The lowest BCUT2D eigenvalue weighted by Crippen LogP contribution is -2.42. The first-order chi connectivity index (χ1) is 21.0. The van der Waals surface area contributed by atoms with E-state index in [2.05, 4.69) is 25.9 Å². The average Bonchev–Trinajstić information content (AvgIpc) is 2.95. The molecule has 0 aliphatic carbocycles. The van der Waals surface area contributed by atoms with Crippen LogP contribution in [-0.2, 0) is 41.6 Å². The van der Waals surface area contributed by atoms with Crippen molar-refractivity contribution in [2.75, 3.05) is 23.8 Å². The van der Waals surface area contributed by atoms with Gasteiger partial charge in [0.15, 0.2) is 0 Å². The summed E-state index contributed by atoms with van der Waals surface area (Å²) < 4.78 is 10.1. The van der Waals surface area contributed by atoms with Gasteiger partial charge in [0.1, 0.15) is 11.9 Å². The minimum absolute atomic E-state index is 0.0124. The van der Waals surface area contributed by atoms with Crippen molar-refractivity contribution in [1.29, 1.82) is 0 Å². The number of anilines is 2. The number of carbonyl (C=O) groups excluding carboxylic acids is 5. The molecule has 0 radical (unpaired) electrons. The maximum Gasteiger partial charge on any atom is 0.328 e. The fourth-order valence-electron chi connectivity index (χ4n) is 3.94. The van der Waals surface area contributed by atoms with Crippen molar-refractivity contribution in [2.24, 2.45) is 16.6 Å². The van der Waals surface area contributed by atoms with Crippen LogP contribution >= 0.6 is 0 Å². The minimum Gasteiger partial charge on any atom is -0.466 e. The Morgan fingerprint density at radius 3 is 2.04 bits per heavy atom. The van der Waals surface area contributed by atoms with Crippen molar-refractivity contribution in [2.45, 2.75) is 87.2 Å². The standard InChI is InChI=1S/C32H46N6O7/c1-9-44-24(39)16-15-22(27(41)45-10-2)34-26(40)20-14-12-11-13-19(20)17-21-23(18-33)35-30(38-29(43)32(6,7)8)37-25(21)36-28(42)31(3,4)5/h11-14,22H,9-10,15-18,33H2,1-8H3,(H,34,40)(H2,35,36,37,38,42,43)/t22-/m0/s1. The van der Waals surface area contributed by atoms with E-state index in [1.54, 1.807) is 79.7 Å². The highest BCUT2D eigenvalue weighted by molar-refractivity contribution is 5.99. The molecule has 3 amide bonds. The van der Waals surface area contributed by atoms with E-state index in [4.69, 9.17) is 15.2 Å². The molecule has 1 heterocycles. The molecule has 1 atom stereocenters. The third-order valence-electron chi connectivity index (χ3n) is 6.55. The number of benzene rings is 1. The van der Waals surface area contributed by atoms with Gasteiger partial charge in [0.05, 0.1) is 18.9 Å². The molecule has 0 aliphatic heterocycles. The van der Waals surface area contributed by atoms with Gasteiger partial charge in [0.2, 0.25) is 17.8 Å². The predicted octanol–water partition coefficient (Wildman–Crippen LogP) is 3.50. The Morgan fingerprint density at radius 2 is 1.47 bits per heavy atom. The average molecular weight is 627 g/mol. The maximum atomic E-state index is 13.6. The fourth-order valence-corrected chi connectivity index (χ4v) is 3.94. The Bertz CT molecular complexity index is 1400. The van der Waals surface area contributed by atoms with Gasteiger partial charge in [-0.15, -0.1) is 0 Å². The molecule has 45 heavy (non-hydrogen) atoms. The molecule has 2 aromatic rings. The largest absolute Gasteiger partial charge is 0.466 e. The number of hydrogen-bond donors (Lipinski definition) is 4. The summed E-state index contributed by atoms with van der Waals surface area (Å²) in [4.78, 5) is 72.9. The van der Waals surface area contributed by atoms with E-state index in [1.165, 1.54) is 0 Å². The van der Waals surface area contributed by atoms with E-state index in [0.717, 1.165) is 0 Å². The second kappa shape index (κ2) is 16.1. The van der Waals surface area contributed by atoms with E-state index in [0.29, 0.717) is 16.8 Å². The normalized spacial score (nSPS) is 12.1. The number of amides is 3. The number of nitrogens with two attached hydrogens (primary N) is 1. The summed E-state index contributed by atoms with van der Waals surface area (Å²) in [7, 11) is 0. The van der Waals surface area contributed by atoms with Crippen LogP contribution in [-0.4, -0.2) is 58.9 Å². The number of hydrogen-bond acceptors (Lipinski definition) is 10. The van der Waals surface area contributed by atoms with E-state index in [1.807, 2.05) is 0 Å². The Balaban J connectivity index is 2.53. The Morgan fingerprint density at radius 1 is 0.867 bits per heavy atom. The molecule has 0 saturated carbocycles. The van der Waals surface area contributed by atoms with Gasteiger partial charge in [-0.25, -0.2) is 9.78 Å². The Labute approximate surface area is 264 Å². The van der Waals surface area contributed by atoms with Crippen molar-refractivity contribution >= 4 is 41.4 Å². The first-order valence-electron chi connectivity index (χ1n) is 15.0. The molecule has 0 spiro atoms. The van der Waals surface area contributed by atoms with Crippen LogP contribution in [0.5, 0.6) is 0 Å². The maximum absolute atomic E-state index is 13.6. The van der Waals surface area contributed by atoms with Crippen molar-refractivity contribution in [3.63, 3.8) is 0 Å². The van der Waals surface area contributed by atoms with Gasteiger partial charge in [-0.2, -0.15) is 4.98 Å². The molecule has 0 unspecified atom stereocenters. The third kappa shape index (κ3) is 10.9. The molecule has 246 valence electrons. The zero-order valence-electron chi connectivity index (χ0n) is 27.5. The van der Waals surface area contributed by atoms with Crippen molar-refractivity contribution in [3.8, 4) is 0 Å². The van der Waals surface area contributed by atoms with Crippen LogP contribution in [0.3, 0.4) is 0 Å². The smallest absolute Gasteiger partial charge is 0.328 e. The quantitative estimate of drug-likeness (QED) is 0.239. The van der Waals surface area contributed by atoms with Crippen molar-refractivity contribution in [1.82, 2.24) is 15.3 Å². The van der Waals surface area contributed by atoms with Gasteiger partial charge in [-0.3, -0.25) is 24.5 Å². The number of nitrogens with one attached hydrogen (secondary N) is 3. The van der Waals surface area contributed by atoms with Crippen LogP contribution in [0.15, 0.2) is 24.3 Å². The molecule has 0 aliphatic rings. The first kappa shape index (κ1) is 36.8. The molecule has 1 aromatic heterocycles. The molecular formula is C32H46N6O7. The molecule has 13 heteroatoms. The molecule has 1 aromatic carbocycles. The van der Waals surface area contributed by atoms with Gasteiger partial charge in [0.25, 0.3) is 5.91 Å². The highest BCUT2D eigenvalue weighted by atomic mass is 16.5. The van der Waals surface area contributed by atoms with Gasteiger partial charge < -0.3 is 25.8 Å².